The maximum absolute atomic E-state index is 14.1. The average molecular weight is 1100 g/mol. The molecule has 414 valence electrons. The third-order valence-corrected chi connectivity index (χ3v) is 13.2. The Kier molecular flexibility index (Phi) is 17.1. The number of aromatic nitrogens is 8. The van der Waals surface area contributed by atoms with Gasteiger partial charge in [-0.25, -0.2) is 24.5 Å². The predicted octanol–water partition coefficient (Wildman–Crippen LogP) is 5.10. The number of aliphatic hydroxyl groups is 2. The smallest absolute Gasteiger partial charge is 0.459 e. The molecule has 2 aliphatic heterocycles. The molecular weight excluding hydrogens is 1040 g/mol. The molecule has 0 unspecified atom stereocenters. The van der Waals surface area contributed by atoms with Crippen LogP contribution in [0.25, 0.3) is 22.3 Å². The number of hydrogen-bond donors (Lipinski definition) is 4. The Morgan fingerprint density at radius 1 is 0.713 bits per heavy atom. The number of rotatable bonds is 17. The van der Waals surface area contributed by atoms with Crippen LogP contribution in [-0.2, 0) is 28.4 Å². The molecule has 2 aliphatic rings. The minimum Gasteiger partial charge on any atom is -0.459 e. The van der Waals surface area contributed by atoms with Gasteiger partial charge in [-0.1, -0.05) is 79.7 Å². The Balaban J connectivity index is 0.000000258. The number of aliphatic hydroxyl groups excluding tert-OH is 2. The summed E-state index contributed by atoms with van der Waals surface area (Å²) in [5, 5.41) is 35.1. The SMILES string of the molecule is CC[C@H](C)Nc1nc(N)c2ncn([C@@H]3O[C@H](CO)[C@@H](O)[C@H]3OC)c2n1.CO[C@@H]1[C@H](OC(=O)c2ccccc2)[C@@H](COC(=O)c2ccccc2)O[C@H]1n1cnc2c(N(C(=O)c3ccccc3)C(=O)c3ccccc3)nc([N+](=O)[O-])nc21. The molecule has 6 heterocycles. The van der Waals surface area contributed by atoms with Crippen LogP contribution in [0.4, 0.5) is 23.5 Å². The zero-order valence-corrected chi connectivity index (χ0v) is 43.4. The van der Waals surface area contributed by atoms with Gasteiger partial charge in [-0.15, -0.1) is 0 Å². The first-order valence-electron chi connectivity index (χ1n) is 25.0. The van der Waals surface area contributed by atoms with E-state index in [1.54, 1.807) is 102 Å². The molecule has 0 spiro atoms. The molecule has 2 saturated heterocycles. The third-order valence-electron chi connectivity index (χ3n) is 13.2. The number of nitro groups is 1. The first kappa shape index (κ1) is 55.6. The van der Waals surface area contributed by atoms with Crippen LogP contribution in [0.5, 0.6) is 0 Å². The topological polar surface area (TPSA) is 336 Å². The second-order valence-corrected chi connectivity index (χ2v) is 18.2. The van der Waals surface area contributed by atoms with Crippen molar-refractivity contribution in [1.82, 2.24) is 39.0 Å². The number of amides is 2. The van der Waals surface area contributed by atoms with Gasteiger partial charge in [0.25, 0.3) is 17.6 Å². The van der Waals surface area contributed by atoms with E-state index < -0.39 is 96.1 Å². The van der Waals surface area contributed by atoms with E-state index in [1.165, 1.54) is 55.7 Å². The number of nitrogens with one attached hydrogen (secondary N) is 1. The molecule has 9 atom stereocenters. The predicted molar refractivity (Wildman–Crippen MR) is 284 cm³/mol. The van der Waals surface area contributed by atoms with Crippen LogP contribution in [0.3, 0.4) is 0 Å². The van der Waals surface area contributed by atoms with Crippen LogP contribution in [-0.4, -0.2) is 148 Å². The highest BCUT2D eigenvalue weighted by Crippen LogP contribution is 2.39. The van der Waals surface area contributed by atoms with Gasteiger partial charge >= 0.3 is 17.9 Å². The summed E-state index contributed by atoms with van der Waals surface area (Å²) in [6.07, 6.45) is -4.13. The van der Waals surface area contributed by atoms with Crippen LogP contribution < -0.4 is 16.0 Å². The number of imidazole rings is 2. The molecule has 0 bridgehead atoms. The number of ether oxygens (including phenoxy) is 6. The number of nitrogen functional groups attached to an aromatic ring is 1. The average Bonchev–Trinajstić information content (AvgIpc) is 4.35. The Morgan fingerprint density at radius 3 is 1.74 bits per heavy atom. The number of nitrogens with two attached hydrogens (primary N) is 1. The lowest BCUT2D eigenvalue weighted by atomic mass is 10.1. The van der Waals surface area contributed by atoms with Crippen molar-refractivity contribution in [3.8, 4) is 0 Å². The van der Waals surface area contributed by atoms with Gasteiger partial charge < -0.3 is 59.8 Å². The van der Waals surface area contributed by atoms with Crippen molar-refractivity contribution in [2.45, 2.75) is 75.4 Å². The van der Waals surface area contributed by atoms with Gasteiger partial charge in [0.05, 0.1) is 24.1 Å². The standard InChI is InChI=1S/C39H30N6O10.C15H24N6O4/c1-52-31-30(55-38(49)27-20-12-5-13-21-27)28(22-53-37(48)26-18-10-4-11-19-26)54-36(31)43-23-40-29-32(43)41-39(45(50)51)42-33(29)44(34(46)24-14-6-2-7-15-24)35(47)25-16-8-3-9-17-25;1-4-7(2)18-15-19-12(16)9-13(20-15)21(6-17-9)14-11(24-3)10(23)8(5-22)25-14/h2-21,23,28,30-31,36H,22H2,1H3;6-8,10-11,14,22-23H,4-5H2,1-3H3,(H3,16,18,19,20)/t28-,30-,31-,36-;7-,8+,10+,11+,14+/m10/s1. The zero-order chi connectivity index (χ0) is 56.6. The monoisotopic (exact) mass is 1090 g/mol. The van der Waals surface area contributed by atoms with Gasteiger partial charge in [-0.05, 0) is 76.8 Å². The molecule has 26 nitrogen and oxygen atoms in total. The van der Waals surface area contributed by atoms with E-state index in [9.17, 15) is 39.5 Å². The van der Waals surface area contributed by atoms with Crippen molar-refractivity contribution in [3.63, 3.8) is 0 Å². The van der Waals surface area contributed by atoms with Gasteiger partial charge in [0.1, 0.15) is 49.0 Å². The van der Waals surface area contributed by atoms with Crippen LogP contribution >= 0.6 is 0 Å². The van der Waals surface area contributed by atoms with Crippen molar-refractivity contribution in [2.24, 2.45) is 0 Å². The van der Waals surface area contributed by atoms with Gasteiger partial charge in [0.15, 0.2) is 35.5 Å². The van der Waals surface area contributed by atoms with E-state index >= 15 is 0 Å². The minimum atomic E-state index is -1.26. The normalized spacial score (nSPS) is 20.8. The van der Waals surface area contributed by atoms with E-state index in [2.05, 4.69) is 42.1 Å². The lowest BCUT2D eigenvalue weighted by Crippen LogP contribution is -2.39. The molecular formula is C54H54N12O14. The van der Waals surface area contributed by atoms with Crippen molar-refractivity contribution in [3.05, 3.63) is 166 Å². The quantitative estimate of drug-likeness (QED) is 0.0399. The molecule has 0 saturated carbocycles. The van der Waals surface area contributed by atoms with E-state index in [-0.39, 0.29) is 51.9 Å². The number of fused-ring (bicyclic) bond motifs is 2. The van der Waals surface area contributed by atoms with Crippen LogP contribution in [0.2, 0.25) is 0 Å². The van der Waals surface area contributed by atoms with E-state index in [1.807, 2.05) is 6.92 Å². The zero-order valence-electron chi connectivity index (χ0n) is 43.4. The van der Waals surface area contributed by atoms with Crippen LogP contribution in [0, 0.1) is 10.1 Å². The summed E-state index contributed by atoms with van der Waals surface area (Å²) in [7, 11) is 2.81. The molecule has 0 aliphatic carbocycles. The molecule has 26 heteroatoms. The second-order valence-electron chi connectivity index (χ2n) is 18.2. The summed E-state index contributed by atoms with van der Waals surface area (Å²) in [6, 6.07) is 32.3. The van der Waals surface area contributed by atoms with Crippen molar-refractivity contribution >= 4 is 69.6 Å². The second kappa shape index (κ2) is 24.7. The third kappa shape index (κ3) is 11.5. The highest BCUT2D eigenvalue weighted by molar-refractivity contribution is 6.27. The molecule has 0 radical (unpaired) electrons. The number of nitrogens with zero attached hydrogens (tertiary/aromatic N) is 10. The number of benzene rings is 4. The first-order valence-corrected chi connectivity index (χ1v) is 25.0. The summed E-state index contributed by atoms with van der Waals surface area (Å²) in [4.78, 5) is 92.2. The van der Waals surface area contributed by atoms with Crippen LogP contribution in [0.1, 0.15) is 74.2 Å². The Hall–Kier alpha value is -9.18. The lowest BCUT2D eigenvalue weighted by molar-refractivity contribution is -0.394. The molecule has 4 aromatic carbocycles. The summed E-state index contributed by atoms with van der Waals surface area (Å²) < 4.78 is 37.7. The number of methoxy groups -OCH3 is 2. The molecule has 5 N–H and O–H groups in total. The number of carbonyl (C=O) groups excluding carboxylic acids is 4. The molecule has 4 aromatic heterocycles. The fourth-order valence-electron chi connectivity index (χ4n) is 8.92. The summed E-state index contributed by atoms with van der Waals surface area (Å²) in [5.74, 6) is -3.83. The van der Waals surface area contributed by atoms with Gasteiger partial charge in [-0.2, -0.15) is 9.97 Å². The van der Waals surface area contributed by atoms with E-state index in [0.717, 1.165) is 6.42 Å². The first-order chi connectivity index (χ1) is 38.7. The van der Waals surface area contributed by atoms with Crippen LogP contribution in [0.15, 0.2) is 134 Å². The Labute approximate surface area is 455 Å². The number of carbonyl (C=O) groups is 4. The fraction of sp³-hybridized carbons (Fsp3) is 0.296. The Bertz CT molecular complexity index is 3430. The Morgan fingerprint density at radius 2 is 1.21 bits per heavy atom. The maximum atomic E-state index is 14.1. The number of hydrogen-bond acceptors (Lipinski definition) is 22. The summed E-state index contributed by atoms with van der Waals surface area (Å²) >= 11 is 0. The molecule has 2 fully saturated rings. The van der Waals surface area contributed by atoms with Gasteiger partial charge in [-0.3, -0.25) is 18.7 Å². The van der Waals surface area contributed by atoms with Crippen molar-refractivity contribution < 1.29 is 62.7 Å². The van der Waals surface area contributed by atoms with E-state index in [4.69, 9.17) is 34.2 Å². The summed E-state index contributed by atoms with van der Waals surface area (Å²) in [5.41, 5.74) is 7.21. The molecule has 2 amide bonds. The molecule has 8 aromatic rings. The molecule has 80 heavy (non-hydrogen) atoms. The fourth-order valence-corrected chi connectivity index (χ4v) is 8.92. The highest BCUT2D eigenvalue weighted by Gasteiger charge is 2.51. The summed E-state index contributed by atoms with van der Waals surface area (Å²) in [6.45, 7) is 3.36. The number of imide groups is 1. The number of esters is 2. The van der Waals surface area contributed by atoms with E-state index in [0.29, 0.717) is 22.0 Å². The largest absolute Gasteiger partial charge is 0.473 e. The van der Waals surface area contributed by atoms with Crippen molar-refractivity contribution in [1.29, 1.82) is 0 Å². The number of anilines is 3. The highest BCUT2D eigenvalue weighted by atomic mass is 16.6. The van der Waals surface area contributed by atoms with Crippen molar-refractivity contribution in [2.75, 3.05) is 43.4 Å². The minimum absolute atomic E-state index is 0.0927. The maximum Gasteiger partial charge on any atom is 0.473 e. The van der Waals surface area contributed by atoms with Gasteiger partial charge in [0, 0.05) is 31.4 Å². The van der Waals surface area contributed by atoms with Gasteiger partial charge in [0.2, 0.25) is 11.6 Å². The lowest BCUT2D eigenvalue weighted by Gasteiger charge is -2.23. The molecule has 10 rings (SSSR count).